The summed E-state index contributed by atoms with van der Waals surface area (Å²) in [5.41, 5.74) is 0. The van der Waals surface area contributed by atoms with Crippen LogP contribution in [-0.4, -0.2) is 54.6 Å². The number of nitrogens with one attached hydrogen (secondary N) is 2. The summed E-state index contributed by atoms with van der Waals surface area (Å²) in [6.07, 6.45) is 0.698. The second kappa shape index (κ2) is 9.18. The molecule has 0 aromatic heterocycles. The van der Waals surface area contributed by atoms with Crippen LogP contribution in [0.25, 0.3) is 0 Å². The lowest BCUT2D eigenvalue weighted by Gasteiger charge is -2.19. The minimum Gasteiger partial charge on any atom is -0.481 e. The molecule has 0 saturated carbocycles. The Labute approximate surface area is 113 Å². The zero-order valence-electron chi connectivity index (χ0n) is 11.7. The number of carbonyl (C=O) groups is 3. The summed E-state index contributed by atoms with van der Waals surface area (Å²) < 4.78 is 0. The van der Waals surface area contributed by atoms with Crippen LogP contribution in [0.4, 0.5) is 4.79 Å². The van der Waals surface area contributed by atoms with Crippen molar-refractivity contribution >= 4 is 17.9 Å². The molecule has 7 nitrogen and oxygen atoms in total. The molecule has 7 heteroatoms. The lowest BCUT2D eigenvalue weighted by atomic mass is 10.0. The molecule has 0 aromatic rings. The minimum atomic E-state index is -0.878. The van der Waals surface area contributed by atoms with Crippen LogP contribution in [0.1, 0.15) is 26.7 Å². The van der Waals surface area contributed by atoms with E-state index in [4.69, 9.17) is 5.11 Å². The van der Waals surface area contributed by atoms with Gasteiger partial charge in [0.05, 0.1) is 0 Å². The summed E-state index contributed by atoms with van der Waals surface area (Å²) in [4.78, 5) is 34.8. The maximum atomic E-state index is 11.7. The van der Waals surface area contributed by atoms with Gasteiger partial charge in [0.15, 0.2) is 0 Å². The average Bonchev–Trinajstić information content (AvgIpc) is 2.33. The zero-order chi connectivity index (χ0) is 14.8. The highest BCUT2D eigenvalue weighted by Gasteiger charge is 2.15. The van der Waals surface area contributed by atoms with E-state index in [-0.39, 0.29) is 30.8 Å². The van der Waals surface area contributed by atoms with Gasteiger partial charge in [-0.25, -0.2) is 4.79 Å². The summed E-state index contributed by atoms with van der Waals surface area (Å²) >= 11 is 0. The predicted molar refractivity (Wildman–Crippen MR) is 70.7 cm³/mol. The van der Waals surface area contributed by atoms with Gasteiger partial charge in [0.25, 0.3) is 0 Å². The first-order valence-electron chi connectivity index (χ1n) is 6.38. The van der Waals surface area contributed by atoms with Gasteiger partial charge in [0.2, 0.25) is 5.91 Å². The molecule has 0 fully saturated rings. The molecule has 1 atom stereocenters. The fourth-order valence-corrected chi connectivity index (χ4v) is 1.51. The molecular formula is C12H23N3O4. The molecule has 19 heavy (non-hydrogen) atoms. The molecule has 0 radical (unpaired) electrons. The third kappa shape index (κ3) is 8.01. The Hall–Kier alpha value is -1.79. The molecule has 0 aliphatic heterocycles. The molecule has 0 spiro atoms. The maximum Gasteiger partial charge on any atom is 0.317 e. The van der Waals surface area contributed by atoms with Crippen LogP contribution in [0, 0.1) is 5.92 Å². The minimum absolute atomic E-state index is 0.0185. The number of likely N-dealkylation sites (N-methyl/N-ethyl adjacent to an activating group) is 2. The van der Waals surface area contributed by atoms with Crippen molar-refractivity contribution in [3.8, 4) is 0 Å². The Morgan fingerprint density at radius 2 is 1.84 bits per heavy atom. The van der Waals surface area contributed by atoms with Gasteiger partial charge in [-0.3, -0.25) is 9.59 Å². The summed E-state index contributed by atoms with van der Waals surface area (Å²) in [5.74, 6) is -1.20. The van der Waals surface area contributed by atoms with Crippen LogP contribution in [-0.2, 0) is 9.59 Å². The molecule has 0 bridgehead atoms. The van der Waals surface area contributed by atoms with Crippen LogP contribution >= 0.6 is 0 Å². The molecule has 0 heterocycles. The van der Waals surface area contributed by atoms with E-state index in [1.807, 2.05) is 6.92 Å². The van der Waals surface area contributed by atoms with E-state index in [1.54, 1.807) is 6.92 Å². The standard InChI is InChI=1S/C12H23N3O4/c1-4-9(6-11(17)18)7-14-12(19)15(3)8-10(16)13-5-2/h9H,4-8H2,1-3H3,(H,13,16)(H,14,19)(H,17,18). The Kier molecular flexibility index (Phi) is 8.32. The van der Waals surface area contributed by atoms with Gasteiger partial charge in [-0.2, -0.15) is 0 Å². The third-order valence-corrected chi connectivity index (χ3v) is 2.68. The van der Waals surface area contributed by atoms with Crippen LogP contribution in [0.2, 0.25) is 0 Å². The number of carbonyl (C=O) groups excluding carboxylic acids is 2. The van der Waals surface area contributed by atoms with E-state index in [0.29, 0.717) is 19.5 Å². The van der Waals surface area contributed by atoms with Crippen molar-refractivity contribution in [3.05, 3.63) is 0 Å². The zero-order valence-corrected chi connectivity index (χ0v) is 11.7. The molecule has 0 saturated heterocycles. The molecule has 0 aromatic carbocycles. The van der Waals surface area contributed by atoms with E-state index in [2.05, 4.69) is 10.6 Å². The predicted octanol–water partition coefficient (Wildman–Crippen LogP) is 0.265. The number of aliphatic carboxylic acids is 1. The molecule has 3 amide bonds. The summed E-state index contributed by atoms with van der Waals surface area (Å²) in [6.45, 7) is 4.47. The number of hydrogen-bond acceptors (Lipinski definition) is 3. The molecule has 110 valence electrons. The van der Waals surface area contributed by atoms with Gasteiger partial charge in [0.1, 0.15) is 6.54 Å². The summed E-state index contributed by atoms with van der Waals surface area (Å²) in [6, 6.07) is -0.380. The molecular weight excluding hydrogens is 250 g/mol. The first kappa shape index (κ1) is 17.2. The Morgan fingerprint density at radius 3 is 2.32 bits per heavy atom. The number of nitrogens with zero attached hydrogens (tertiary/aromatic N) is 1. The first-order chi connectivity index (χ1) is 8.90. The Bertz CT molecular complexity index is 320. The number of amides is 3. The van der Waals surface area contributed by atoms with Crippen molar-refractivity contribution < 1.29 is 19.5 Å². The molecule has 0 aliphatic rings. The van der Waals surface area contributed by atoms with E-state index >= 15 is 0 Å². The van der Waals surface area contributed by atoms with Crippen LogP contribution in [0.5, 0.6) is 0 Å². The number of carboxylic acid groups (broad SMARTS) is 1. The van der Waals surface area contributed by atoms with Crippen LogP contribution in [0.15, 0.2) is 0 Å². The van der Waals surface area contributed by atoms with Crippen molar-refractivity contribution in [3.63, 3.8) is 0 Å². The van der Waals surface area contributed by atoms with Gasteiger partial charge in [-0.15, -0.1) is 0 Å². The normalized spacial score (nSPS) is 11.5. The second-order valence-corrected chi connectivity index (χ2v) is 4.37. The average molecular weight is 273 g/mol. The largest absolute Gasteiger partial charge is 0.481 e. The lowest BCUT2D eigenvalue weighted by molar-refractivity contribution is -0.138. The highest BCUT2D eigenvalue weighted by molar-refractivity contribution is 5.83. The quantitative estimate of drug-likeness (QED) is 0.591. The Balaban J connectivity index is 4.07. The van der Waals surface area contributed by atoms with E-state index in [0.717, 1.165) is 0 Å². The number of hydrogen-bond donors (Lipinski definition) is 3. The van der Waals surface area contributed by atoms with Crippen molar-refractivity contribution in [2.45, 2.75) is 26.7 Å². The topological polar surface area (TPSA) is 98.7 Å². The number of rotatable bonds is 8. The van der Waals surface area contributed by atoms with Crippen LogP contribution in [0.3, 0.4) is 0 Å². The van der Waals surface area contributed by atoms with Crippen molar-refractivity contribution in [2.75, 3.05) is 26.7 Å². The smallest absolute Gasteiger partial charge is 0.317 e. The van der Waals surface area contributed by atoms with Gasteiger partial charge in [-0.05, 0) is 12.8 Å². The van der Waals surface area contributed by atoms with Crippen molar-refractivity contribution in [1.29, 1.82) is 0 Å². The number of carboxylic acids is 1. The van der Waals surface area contributed by atoms with Crippen molar-refractivity contribution in [1.82, 2.24) is 15.5 Å². The summed E-state index contributed by atoms with van der Waals surface area (Å²) in [7, 11) is 1.52. The van der Waals surface area contributed by atoms with Crippen LogP contribution < -0.4 is 10.6 Å². The molecule has 0 rings (SSSR count). The first-order valence-corrected chi connectivity index (χ1v) is 6.38. The molecule has 1 unspecified atom stereocenters. The van der Waals surface area contributed by atoms with E-state index < -0.39 is 5.97 Å². The lowest BCUT2D eigenvalue weighted by Crippen LogP contribution is -2.44. The van der Waals surface area contributed by atoms with Gasteiger partial charge in [-0.1, -0.05) is 13.3 Å². The molecule has 0 aliphatic carbocycles. The maximum absolute atomic E-state index is 11.7. The third-order valence-electron chi connectivity index (χ3n) is 2.68. The van der Waals surface area contributed by atoms with E-state index in [9.17, 15) is 14.4 Å². The van der Waals surface area contributed by atoms with Gasteiger partial charge < -0.3 is 20.6 Å². The fraction of sp³-hybridized carbons (Fsp3) is 0.750. The van der Waals surface area contributed by atoms with E-state index in [1.165, 1.54) is 11.9 Å². The Morgan fingerprint density at radius 1 is 1.21 bits per heavy atom. The van der Waals surface area contributed by atoms with Gasteiger partial charge >= 0.3 is 12.0 Å². The molecule has 3 N–H and O–H groups in total. The van der Waals surface area contributed by atoms with Crippen molar-refractivity contribution in [2.24, 2.45) is 5.92 Å². The SMILES string of the molecule is CCNC(=O)CN(C)C(=O)NCC(CC)CC(=O)O. The highest BCUT2D eigenvalue weighted by atomic mass is 16.4. The summed E-state index contributed by atoms with van der Waals surface area (Å²) in [5, 5.41) is 13.9. The highest BCUT2D eigenvalue weighted by Crippen LogP contribution is 2.06. The second-order valence-electron chi connectivity index (χ2n) is 4.37. The fourth-order valence-electron chi connectivity index (χ4n) is 1.51. The monoisotopic (exact) mass is 273 g/mol. The number of urea groups is 1. The van der Waals surface area contributed by atoms with Gasteiger partial charge in [0, 0.05) is 26.6 Å².